The van der Waals surface area contributed by atoms with Crippen LogP contribution in [0.5, 0.6) is 0 Å². The zero-order chi connectivity index (χ0) is 16.2. The molecule has 1 aliphatic rings. The molecule has 0 aromatic heterocycles. The standard InChI is InChI=1S/C19H19NO3/c1-13(21)20-17-8-4-7-16(11-17)19(22)23-18-10-9-14-5-2-3-6-15(14)12-18/h2-8,11,18H,9-10,12H2,1H3,(H,20,21). The van der Waals surface area contributed by atoms with Gasteiger partial charge in [0.1, 0.15) is 6.10 Å². The number of carbonyl (C=O) groups is 2. The fourth-order valence-corrected chi connectivity index (χ4v) is 2.91. The minimum atomic E-state index is -0.346. The predicted molar refractivity (Wildman–Crippen MR) is 88.4 cm³/mol. The molecule has 0 saturated heterocycles. The first-order valence-corrected chi connectivity index (χ1v) is 7.77. The van der Waals surface area contributed by atoms with Crippen LogP contribution in [0.2, 0.25) is 0 Å². The number of hydrogen-bond acceptors (Lipinski definition) is 3. The molecule has 1 aliphatic carbocycles. The number of anilines is 1. The highest BCUT2D eigenvalue weighted by Crippen LogP contribution is 2.24. The zero-order valence-corrected chi connectivity index (χ0v) is 13.0. The van der Waals surface area contributed by atoms with E-state index in [0.29, 0.717) is 11.3 Å². The van der Waals surface area contributed by atoms with Crippen LogP contribution in [0.15, 0.2) is 48.5 Å². The van der Waals surface area contributed by atoms with E-state index in [-0.39, 0.29) is 18.0 Å². The Morgan fingerprint density at radius 1 is 1.09 bits per heavy atom. The highest BCUT2D eigenvalue weighted by molar-refractivity contribution is 5.93. The lowest BCUT2D eigenvalue weighted by molar-refractivity contribution is -0.114. The molecule has 23 heavy (non-hydrogen) atoms. The van der Waals surface area contributed by atoms with Gasteiger partial charge in [-0.25, -0.2) is 4.79 Å². The highest BCUT2D eigenvalue weighted by atomic mass is 16.5. The quantitative estimate of drug-likeness (QED) is 0.885. The molecule has 1 amide bonds. The van der Waals surface area contributed by atoms with Gasteiger partial charge in [-0.05, 0) is 42.2 Å². The van der Waals surface area contributed by atoms with Crippen LogP contribution in [0.25, 0.3) is 0 Å². The van der Waals surface area contributed by atoms with Gasteiger partial charge in [0.05, 0.1) is 5.56 Å². The molecule has 2 aromatic carbocycles. The van der Waals surface area contributed by atoms with Gasteiger partial charge in [0.15, 0.2) is 0 Å². The summed E-state index contributed by atoms with van der Waals surface area (Å²) in [5.41, 5.74) is 3.65. The molecule has 0 saturated carbocycles. The van der Waals surface area contributed by atoms with Crippen molar-refractivity contribution in [2.45, 2.75) is 32.3 Å². The molecule has 118 valence electrons. The number of benzene rings is 2. The third-order valence-electron chi connectivity index (χ3n) is 3.99. The first-order chi connectivity index (χ1) is 11.1. The Morgan fingerprint density at radius 3 is 2.65 bits per heavy atom. The van der Waals surface area contributed by atoms with Crippen LogP contribution in [-0.4, -0.2) is 18.0 Å². The van der Waals surface area contributed by atoms with Gasteiger partial charge in [0.2, 0.25) is 5.91 Å². The van der Waals surface area contributed by atoms with Gasteiger partial charge in [-0.3, -0.25) is 4.79 Å². The largest absolute Gasteiger partial charge is 0.458 e. The lowest BCUT2D eigenvalue weighted by Gasteiger charge is -2.24. The number of amides is 1. The second kappa shape index (κ2) is 6.65. The second-order valence-electron chi connectivity index (χ2n) is 5.80. The van der Waals surface area contributed by atoms with E-state index in [1.807, 2.05) is 12.1 Å². The first-order valence-electron chi connectivity index (χ1n) is 7.77. The number of fused-ring (bicyclic) bond motifs is 1. The number of hydrogen-bond donors (Lipinski definition) is 1. The molecular weight excluding hydrogens is 290 g/mol. The molecule has 0 bridgehead atoms. The monoisotopic (exact) mass is 309 g/mol. The fraction of sp³-hybridized carbons (Fsp3) is 0.263. The fourth-order valence-electron chi connectivity index (χ4n) is 2.91. The summed E-state index contributed by atoms with van der Waals surface area (Å²) in [5, 5.41) is 2.67. The zero-order valence-electron chi connectivity index (χ0n) is 13.0. The van der Waals surface area contributed by atoms with Crippen molar-refractivity contribution in [3.05, 3.63) is 65.2 Å². The Morgan fingerprint density at radius 2 is 1.87 bits per heavy atom. The molecule has 4 heteroatoms. The van der Waals surface area contributed by atoms with Crippen molar-refractivity contribution >= 4 is 17.6 Å². The maximum atomic E-state index is 12.3. The van der Waals surface area contributed by atoms with Gasteiger partial charge in [-0.15, -0.1) is 0 Å². The molecule has 0 radical (unpaired) electrons. The number of aryl methyl sites for hydroxylation is 1. The van der Waals surface area contributed by atoms with Crippen LogP contribution in [0.3, 0.4) is 0 Å². The Bertz CT molecular complexity index is 739. The third-order valence-corrected chi connectivity index (χ3v) is 3.99. The summed E-state index contributed by atoms with van der Waals surface area (Å²) in [6.07, 6.45) is 2.43. The molecule has 4 nitrogen and oxygen atoms in total. The van der Waals surface area contributed by atoms with Crippen LogP contribution in [0.4, 0.5) is 5.69 Å². The van der Waals surface area contributed by atoms with E-state index in [0.717, 1.165) is 19.3 Å². The maximum Gasteiger partial charge on any atom is 0.338 e. The predicted octanol–water partition coefficient (Wildman–Crippen LogP) is 3.36. The molecule has 1 unspecified atom stereocenters. The molecule has 1 atom stereocenters. The number of carbonyl (C=O) groups excluding carboxylic acids is 2. The van der Waals surface area contributed by atoms with Crippen LogP contribution in [-0.2, 0) is 22.4 Å². The van der Waals surface area contributed by atoms with Gasteiger partial charge in [0.25, 0.3) is 0 Å². The van der Waals surface area contributed by atoms with Crippen molar-refractivity contribution in [2.24, 2.45) is 0 Å². The van der Waals surface area contributed by atoms with Crippen molar-refractivity contribution in [2.75, 3.05) is 5.32 Å². The Hall–Kier alpha value is -2.62. The minimum absolute atomic E-state index is 0.0955. The smallest absolute Gasteiger partial charge is 0.338 e. The number of nitrogens with one attached hydrogen (secondary N) is 1. The summed E-state index contributed by atoms with van der Waals surface area (Å²) in [5.74, 6) is -0.513. The van der Waals surface area contributed by atoms with Crippen molar-refractivity contribution in [3.63, 3.8) is 0 Å². The average Bonchev–Trinajstić information content (AvgIpc) is 2.54. The van der Waals surface area contributed by atoms with Gasteiger partial charge >= 0.3 is 5.97 Å². The minimum Gasteiger partial charge on any atom is -0.458 e. The Labute approximate surface area is 135 Å². The third kappa shape index (κ3) is 3.77. The first kappa shape index (κ1) is 15.3. The number of ether oxygens (including phenoxy) is 1. The lowest BCUT2D eigenvalue weighted by Crippen LogP contribution is -2.25. The maximum absolute atomic E-state index is 12.3. The van der Waals surface area contributed by atoms with E-state index in [2.05, 4.69) is 17.4 Å². The summed E-state index contributed by atoms with van der Waals surface area (Å²) < 4.78 is 5.64. The van der Waals surface area contributed by atoms with E-state index in [1.54, 1.807) is 24.3 Å². The lowest BCUT2D eigenvalue weighted by atomic mass is 9.90. The molecule has 0 fully saturated rings. The van der Waals surface area contributed by atoms with Crippen molar-refractivity contribution in [1.29, 1.82) is 0 Å². The molecular formula is C19H19NO3. The van der Waals surface area contributed by atoms with Crippen LogP contribution >= 0.6 is 0 Å². The highest BCUT2D eigenvalue weighted by Gasteiger charge is 2.22. The second-order valence-corrected chi connectivity index (χ2v) is 5.80. The normalized spacial score (nSPS) is 16.3. The van der Waals surface area contributed by atoms with Gasteiger partial charge in [-0.1, -0.05) is 30.3 Å². The van der Waals surface area contributed by atoms with Crippen molar-refractivity contribution in [3.8, 4) is 0 Å². The topological polar surface area (TPSA) is 55.4 Å². The number of rotatable bonds is 3. The van der Waals surface area contributed by atoms with E-state index in [1.165, 1.54) is 18.1 Å². The van der Waals surface area contributed by atoms with Crippen molar-refractivity contribution < 1.29 is 14.3 Å². The van der Waals surface area contributed by atoms with Gasteiger partial charge in [0, 0.05) is 19.0 Å². The Balaban J connectivity index is 1.67. The van der Waals surface area contributed by atoms with E-state index < -0.39 is 0 Å². The summed E-state index contributed by atoms with van der Waals surface area (Å²) >= 11 is 0. The average molecular weight is 309 g/mol. The van der Waals surface area contributed by atoms with Crippen molar-refractivity contribution in [1.82, 2.24) is 0 Å². The molecule has 1 N–H and O–H groups in total. The van der Waals surface area contributed by atoms with Crippen LogP contribution in [0.1, 0.15) is 34.8 Å². The summed E-state index contributed by atoms with van der Waals surface area (Å²) in [6, 6.07) is 15.1. The number of esters is 1. The SMILES string of the molecule is CC(=O)Nc1cccc(C(=O)OC2CCc3ccccc3C2)c1. The van der Waals surface area contributed by atoms with Crippen LogP contribution in [0, 0.1) is 0 Å². The molecule has 0 aliphatic heterocycles. The van der Waals surface area contributed by atoms with E-state index >= 15 is 0 Å². The van der Waals surface area contributed by atoms with Crippen LogP contribution < -0.4 is 5.32 Å². The molecule has 0 heterocycles. The van der Waals surface area contributed by atoms with Gasteiger partial charge < -0.3 is 10.1 Å². The summed E-state index contributed by atoms with van der Waals surface area (Å²) in [4.78, 5) is 23.4. The van der Waals surface area contributed by atoms with E-state index in [9.17, 15) is 9.59 Å². The Kier molecular flexibility index (Phi) is 4.42. The molecule has 2 aromatic rings. The molecule has 0 spiro atoms. The van der Waals surface area contributed by atoms with E-state index in [4.69, 9.17) is 4.74 Å². The summed E-state index contributed by atoms with van der Waals surface area (Å²) in [7, 11) is 0. The van der Waals surface area contributed by atoms with Gasteiger partial charge in [-0.2, -0.15) is 0 Å². The summed E-state index contributed by atoms with van der Waals surface area (Å²) in [6.45, 7) is 1.43. The molecule has 3 rings (SSSR count).